The van der Waals surface area contributed by atoms with Gasteiger partial charge in [-0.05, 0) is 70.6 Å². The van der Waals surface area contributed by atoms with Crippen molar-refractivity contribution in [3.05, 3.63) is 48.6 Å². The highest BCUT2D eigenvalue weighted by Gasteiger charge is 2.51. The predicted molar refractivity (Wildman–Crippen MR) is 448 cm³/mol. The summed E-state index contributed by atoms with van der Waals surface area (Å²) in [5.74, 6) is -0.244. The Balaban J connectivity index is 1.56. The SMILES string of the molecule is CCCCCCCCCC/C=C\CCCCCCCCCCCCCCCCCCCCCCCCCCCCCCCC(=O)NC(COC1OC(CO)C(OC2OC(CO)C(O)C(O)C2O)C(O)C1O)C(O)/C=C/CC/C=C/CC/C=C/CCCCCCCCCCCCCCCCCCCCCCCC. The maximum absolute atomic E-state index is 13.4. The van der Waals surface area contributed by atoms with Gasteiger partial charge in [-0.3, -0.25) is 4.79 Å². The van der Waals surface area contributed by atoms with Gasteiger partial charge in [-0.15, -0.1) is 0 Å². The van der Waals surface area contributed by atoms with Crippen molar-refractivity contribution in [3.8, 4) is 0 Å². The summed E-state index contributed by atoms with van der Waals surface area (Å²) in [4.78, 5) is 13.4. The van der Waals surface area contributed by atoms with E-state index in [4.69, 9.17) is 18.9 Å². The highest BCUT2D eigenvalue weighted by Crippen LogP contribution is 2.31. The number of amides is 1. The molecule has 2 aliphatic heterocycles. The Morgan fingerprint density at radius 1 is 0.327 bits per heavy atom. The summed E-state index contributed by atoms with van der Waals surface area (Å²) in [6, 6.07) is -0.940. The van der Waals surface area contributed by atoms with Crippen LogP contribution in [-0.4, -0.2) is 140 Å². The molecule has 2 heterocycles. The van der Waals surface area contributed by atoms with Crippen LogP contribution in [0.25, 0.3) is 0 Å². The molecule has 0 aromatic heterocycles. The van der Waals surface area contributed by atoms with E-state index in [0.29, 0.717) is 12.8 Å². The molecule has 0 saturated carbocycles. The van der Waals surface area contributed by atoms with Crippen molar-refractivity contribution in [1.29, 1.82) is 0 Å². The second-order valence-corrected chi connectivity index (χ2v) is 32.8. The maximum Gasteiger partial charge on any atom is 0.220 e. The van der Waals surface area contributed by atoms with Gasteiger partial charge in [-0.25, -0.2) is 0 Å². The monoisotopic (exact) mass is 1510 g/mol. The molecule has 1 amide bonds. The zero-order valence-electron chi connectivity index (χ0n) is 69.7. The molecule has 12 atom stereocenters. The average molecular weight is 1520 g/mol. The van der Waals surface area contributed by atoms with Crippen molar-refractivity contribution in [2.24, 2.45) is 0 Å². The number of ether oxygens (including phenoxy) is 4. The number of aliphatic hydroxyl groups is 8. The van der Waals surface area contributed by atoms with Crippen molar-refractivity contribution in [2.75, 3.05) is 19.8 Å². The van der Waals surface area contributed by atoms with E-state index >= 15 is 0 Å². The van der Waals surface area contributed by atoms with E-state index in [1.54, 1.807) is 6.08 Å². The smallest absolute Gasteiger partial charge is 0.220 e. The fraction of sp³-hybridized carbons (Fsp3) is 0.903. The first-order chi connectivity index (χ1) is 52.6. The first-order valence-corrected chi connectivity index (χ1v) is 46.4. The lowest BCUT2D eigenvalue weighted by Gasteiger charge is -2.46. The lowest BCUT2D eigenvalue weighted by Crippen LogP contribution is -2.65. The highest BCUT2D eigenvalue weighted by atomic mass is 16.7. The van der Waals surface area contributed by atoms with Crippen LogP contribution < -0.4 is 5.32 Å². The topological polar surface area (TPSA) is 228 Å². The standard InChI is InChI=1S/C93H175NO13/c1-3-5-7-9-11-13-15-17-19-21-23-25-27-29-31-33-35-37-38-39-40-41-42-43-44-45-47-49-51-53-55-57-59-61-63-65-67-69-71-73-75-77-85(98)94-81(80-104-92-90(103)88(101)91(84(79-96)106-92)107-93-89(102)87(100)86(99)83(78-95)105-93)82(97)76-74-72-70-68-66-64-62-60-58-56-54-52-50-48-46-36-34-32-30-28-26-24-22-20-18-16-14-12-10-8-6-4-2/h21,23,58,60,66,68,74,76,81-84,86-93,95-97,99-103H,3-20,22,24-57,59,61-65,67,69-73,75,77-80H2,1-2H3,(H,94,98)/b23-21-,60-58+,68-66+,76-74+. The van der Waals surface area contributed by atoms with E-state index in [0.717, 1.165) is 44.9 Å². The van der Waals surface area contributed by atoms with Gasteiger partial charge in [0.05, 0.1) is 32.0 Å². The highest BCUT2D eigenvalue weighted by molar-refractivity contribution is 5.76. The minimum absolute atomic E-state index is 0.244. The number of carbonyl (C=O) groups is 1. The molecule has 0 radical (unpaired) electrons. The Bertz CT molecular complexity index is 1990. The molecule has 0 spiro atoms. The predicted octanol–water partition coefficient (Wildman–Crippen LogP) is 22.9. The summed E-state index contributed by atoms with van der Waals surface area (Å²) in [6.07, 6.45) is 88.3. The molecule has 2 rings (SSSR count). The zero-order valence-corrected chi connectivity index (χ0v) is 69.7. The van der Waals surface area contributed by atoms with Gasteiger partial charge in [-0.2, -0.15) is 0 Å². The molecule has 0 aromatic carbocycles. The van der Waals surface area contributed by atoms with Crippen molar-refractivity contribution in [2.45, 2.75) is 518 Å². The summed E-state index contributed by atoms with van der Waals surface area (Å²) >= 11 is 0. The summed E-state index contributed by atoms with van der Waals surface area (Å²) < 4.78 is 22.9. The van der Waals surface area contributed by atoms with Crippen molar-refractivity contribution >= 4 is 5.91 Å². The number of nitrogens with one attached hydrogen (secondary N) is 1. The summed E-state index contributed by atoms with van der Waals surface area (Å²) in [7, 11) is 0. The molecule has 12 unspecified atom stereocenters. The molecule has 630 valence electrons. The number of allylic oxidation sites excluding steroid dienone is 7. The molecule has 14 heteroatoms. The van der Waals surface area contributed by atoms with Crippen molar-refractivity contribution in [1.82, 2.24) is 5.32 Å². The second-order valence-electron chi connectivity index (χ2n) is 32.8. The molecule has 2 aliphatic rings. The van der Waals surface area contributed by atoms with E-state index in [2.05, 4.69) is 55.6 Å². The number of aliphatic hydroxyl groups excluding tert-OH is 8. The van der Waals surface area contributed by atoms with Crippen LogP contribution in [-0.2, 0) is 23.7 Å². The maximum atomic E-state index is 13.4. The van der Waals surface area contributed by atoms with Gasteiger partial charge in [0.1, 0.15) is 48.8 Å². The van der Waals surface area contributed by atoms with Crippen LogP contribution >= 0.6 is 0 Å². The van der Waals surface area contributed by atoms with Gasteiger partial charge < -0.3 is 65.1 Å². The molecule has 0 bridgehead atoms. The largest absolute Gasteiger partial charge is 0.394 e. The fourth-order valence-corrected chi connectivity index (χ4v) is 15.4. The van der Waals surface area contributed by atoms with Gasteiger partial charge in [0.25, 0.3) is 0 Å². The van der Waals surface area contributed by atoms with Crippen LogP contribution in [0.3, 0.4) is 0 Å². The van der Waals surface area contributed by atoms with E-state index in [1.165, 1.54) is 366 Å². The van der Waals surface area contributed by atoms with Crippen LogP contribution in [0.15, 0.2) is 48.6 Å². The summed E-state index contributed by atoms with van der Waals surface area (Å²) in [6.45, 7) is 2.85. The Morgan fingerprint density at radius 3 is 0.916 bits per heavy atom. The molecular weight excluding hydrogens is 1340 g/mol. The fourth-order valence-electron chi connectivity index (χ4n) is 15.4. The van der Waals surface area contributed by atoms with Gasteiger partial charge in [0.15, 0.2) is 12.6 Å². The summed E-state index contributed by atoms with van der Waals surface area (Å²) in [5.41, 5.74) is 0. The number of hydrogen-bond acceptors (Lipinski definition) is 13. The number of unbranched alkanes of at least 4 members (excludes halogenated alkanes) is 61. The molecule has 2 saturated heterocycles. The van der Waals surface area contributed by atoms with E-state index in [9.17, 15) is 45.6 Å². The second kappa shape index (κ2) is 76.6. The minimum atomic E-state index is -1.79. The molecular formula is C93H175NO13. The first kappa shape index (κ1) is 101. The first-order valence-electron chi connectivity index (χ1n) is 46.4. The van der Waals surface area contributed by atoms with Gasteiger partial charge in [0.2, 0.25) is 5.91 Å². The normalized spacial score (nSPS) is 21.4. The number of hydrogen-bond donors (Lipinski definition) is 9. The Hall–Kier alpha value is -2.05. The van der Waals surface area contributed by atoms with E-state index in [1.807, 2.05) is 6.08 Å². The number of rotatable bonds is 80. The van der Waals surface area contributed by atoms with Crippen LogP contribution in [0.1, 0.15) is 444 Å². The third-order valence-corrected chi connectivity index (χ3v) is 22.7. The Morgan fingerprint density at radius 2 is 0.598 bits per heavy atom. The van der Waals surface area contributed by atoms with E-state index in [-0.39, 0.29) is 18.9 Å². The third-order valence-electron chi connectivity index (χ3n) is 22.7. The van der Waals surface area contributed by atoms with E-state index < -0.39 is 86.8 Å². The average Bonchev–Trinajstić information content (AvgIpc) is 0.789. The lowest BCUT2D eigenvalue weighted by molar-refractivity contribution is -0.359. The molecule has 0 aromatic rings. The van der Waals surface area contributed by atoms with Crippen molar-refractivity contribution < 1.29 is 64.6 Å². The van der Waals surface area contributed by atoms with Gasteiger partial charge in [0, 0.05) is 6.42 Å². The molecule has 0 aliphatic carbocycles. The Kier molecular flexibility index (Phi) is 72.3. The lowest BCUT2D eigenvalue weighted by atomic mass is 9.97. The van der Waals surface area contributed by atoms with Crippen LogP contribution in [0.2, 0.25) is 0 Å². The zero-order chi connectivity index (χ0) is 77.2. The molecule has 14 nitrogen and oxygen atoms in total. The molecule has 9 N–H and O–H groups in total. The van der Waals surface area contributed by atoms with Gasteiger partial charge in [-0.1, -0.05) is 416 Å². The third kappa shape index (κ3) is 58.5. The van der Waals surface area contributed by atoms with Gasteiger partial charge >= 0.3 is 0 Å². The molecule has 2 fully saturated rings. The molecule has 107 heavy (non-hydrogen) atoms. The van der Waals surface area contributed by atoms with Crippen LogP contribution in [0.4, 0.5) is 0 Å². The minimum Gasteiger partial charge on any atom is -0.394 e. The quantitative estimate of drug-likeness (QED) is 0.0204. The van der Waals surface area contributed by atoms with Crippen molar-refractivity contribution in [3.63, 3.8) is 0 Å². The summed E-state index contributed by atoms with van der Waals surface area (Å²) in [5, 5.41) is 87.8. The number of carbonyl (C=O) groups excluding carboxylic acids is 1. The van der Waals surface area contributed by atoms with Crippen LogP contribution in [0.5, 0.6) is 0 Å². The Labute approximate surface area is 658 Å². The van der Waals surface area contributed by atoms with Crippen LogP contribution in [0, 0.1) is 0 Å².